The topological polar surface area (TPSA) is 70.2 Å². The van der Waals surface area contributed by atoms with Crippen molar-refractivity contribution in [1.29, 1.82) is 0 Å². The van der Waals surface area contributed by atoms with Gasteiger partial charge in [0, 0.05) is 22.1 Å². The molecule has 2 aromatic carbocycles. The average molecular weight is 420 g/mol. The lowest BCUT2D eigenvalue weighted by Crippen LogP contribution is -2.41. The number of rotatable bonds is 5. The van der Waals surface area contributed by atoms with E-state index in [0.717, 1.165) is 22.0 Å². The minimum absolute atomic E-state index is 0.0337. The fourth-order valence-corrected chi connectivity index (χ4v) is 3.28. The predicted molar refractivity (Wildman–Crippen MR) is 102 cm³/mol. The molecule has 136 valence electrons. The number of amides is 3. The fourth-order valence-electron chi connectivity index (χ4n) is 2.80. The summed E-state index contributed by atoms with van der Waals surface area (Å²) in [5.74, 6) is -0.462. The number of halogens is 2. The number of benzene rings is 2. The number of carbonyl (C=O) groups excluding carboxylic acids is 2. The number of carbonyl (C=O) groups is 2. The van der Waals surface area contributed by atoms with E-state index in [0.29, 0.717) is 5.69 Å². The highest BCUT2D eigenvalue weighted by molar-refractivity contribution is 9.10. The first-order chi connectivity index (χ1) is 12.4. The molecule has 0 spiro atoms. The number of hydrogen-bond acceptors (Lipinski definition) is 2. The van der Waals surface area contributed by atoms with Crippen LogP contribution in [0.2, 0.25) is 0 Å². The first kappa shape index (κ1) is 18.4. The zero-order valence-corrected chi connectivity index (χ0v) is 15.8. The number of anilines is 1. The minimum atomic E-state index is -0.406. The molecular formula is C19H19BrFN3O2. The van der Waals surface area contributed by atoms with E-state index < -0.39 is 6.03 Å². The standard InChI is InChI=1S/C19H19BrFN3O2/c1-11-7-13(20)5-6-16(11)23-18(25)10-22-19(26)24-17-9-15(17)12-3-2-4-14(21)8-12/h2-8,15,17H,9-10H2,1H3,(H,23,25)(H2,22,24,26). The summed E-state index contributed by atoms with van der Waals surface area (Å²) >= 11 is 3.37. The van der Waals surface area contributed by atoms with Gasteiger partial charge in [0.1, 0.15) is 5.82 Å². The van der Waals surface area contributed by atoms with Crippen molar-refractivity contribution in [3.63, 3.8) is 0 Å². The Bertz CT molecular complexity index is 843. The van der Waals surface area contributed by atoms with Gasteiger partial charge in [0.2, 0.25) is 5.91 Å². The Balaban J connectivity index is 1.42. The Hall–Kier alpha value is -2.41. The van der Waals surface area contributed by atoms with Crippen molar-refractivity contribution in [3.8, 4) is 0 Å². The van der Waals surface area contributed by atoms with Gasteiger partial charge >= 0.3 is 6.03 Å². The van der Waals surface area contributed by atoms with E-state index >= 15 is 0 Å². The molecule has 0 aromatic heterocycles. The Morgan fingerprint density at radius 2 is 2.04 bits per heavy atom. The maximum Gasteiger partial charge on any atom is 0.315 e. The van der Waals surface area contributed by atoms with Crippen LogP contribution in [0.1, 0.15) is 23.5 Å². The van der Waals surface area contributed by atoms with E-state index in [2.05, 4.69) is 31.9 Å². The molecule has 2 atom stereocenters. The van der Waals surface area contributed by atoms with Gasteiger partial charge < -0.3 is 16.0 Å². The van der Waals surface area contributed by atoms with Gasteiger partial charge in [-0.3, -0.25) is 4.79 Å². The highest BCUT2D eigenvalue weighted by atomic mass is 79.9. The van der Waals surface area contributed by atoms with E-state index in [1.807, 2.05) is 25.1 Å². The van der Waals surface area contributed by atoms with E-state index in [4.69, 9.17) is 0 Å². The third-order valence-corrected chi connectivity index (χ3v) is 4.75. The molecule has 2 aromatic rings. The summed E-state index contributed by atoms with van der Waals surface area (Å²) in [6.07, 6.45) is 0.765. The Kier molecular flexibility index (Phi) is 5.56. The minimum Gasteiger partial charge on any atom is -0.335 e. The number of hydrogen-bond donors (Lipinski definition) is 3. The smallest absolute Gasteiger partial charge is 0.315 e. The summed E-state index contributed by atoms with van der Waals surface area (Å²) < 4.78 is 14.2. The van der Waals surface area contributed by atoms with E-state index in [1.165, 1.54) is 12.1 Å². The van der Waals surface area contributed by atoms with E-state index in [9.17, 15) is 14.0 Å². The van der Waals surface area contributed by atoms with Gasteiger partial charge in [0.05, 0.1) is 6.54 Å². The predicted octanol–water partition coefficient (Wildman–Crippen LogP) is 3.69. The van der Waals surface area contributed by atoms with Gasteiger partial charge in [-0.15, -0.1) is 0 Å². The lowest BCUT2D eigenvalue weighted by atomic mass is 10.1. The van der Waals surface area contributed by atoms with Gasteiger partial charge in [-0.05, 0) is 54.8 Å². The first-order valence-corrected chi connectivity index (χ1v) is 9.07. The van der Waals surface area contributed by atoms with Crippen LogP contribution in [0.15, 0.2) is 46.9 Å². The number of aryl methyl sites for hydroxylation is 1. The van der Waals surface area contributed by atoms with Crippen LogP contribution in [0.3, 0.4) is 0 Å². The molecule has 1 aliphatic carbocycles. The van der Waals surface area contributed by atoms with Crippen LogP contribution in [0.4, 0.5) is 14.9 Å². The quantitative estimate of drug-likeness (QED) is 0.691. The van der Waals surface area contributed by atoms with Crippen LogP contribution in [-0.4, -0.2) is 24.5 Å². The SMILES string of the molecule is Cc1cc(Br)ccc1NC(=O)CNC(=O)NC1CC1c1cccc(F)c1. The van der Waals surface area contributed by atoms with Crippen molar-refractivity contribution in [2.24, 2.45) is 0 Å². The summed E-state index contributed by atoms with van der Waals surface area (Å²) in [6.45, 7) is 1.76. The van der Waals surface area contributed by atoms with Crippen molar-refractivity contribution in [2.45, 2.75) is 25.3 Å². The Labute approximate surface area is 159 Å². The van der Waals surface area contributed by atoms with Crippen LogP contribution in [0.25, 0.3) is 0 Å². The molecule has 0 heterocycles. The molecule has 3 N–H and O–H groups in total. The highest BCUT2D eigenvalue weighted by Gasteiger charge is 2.39. The summed E-state index contributed by atoms with van der Waals surface area (Å²) in [5.41, 5.74) is 2.50. The lowest BCUT2D eigenvalue weighted by Gasteiger charge is -2.10. The average Bonchev–Trinajstić information content (AvgIpc) is 3.35. The molecule has 0 aliphatic heterocycles. The molecule has 0 saturated heterocycles. The largest absolute Gasteiger partial charge is 0.335 e. The Morgan fingerprint density at radius 1 is 1.23 bits per heavy atom. The van der Waals surface area contributed by atoms with Crippen molar-refractivity contribution in [2.75, 3.05) is 11.9 Å². The molecule has 2 unspecified atom stereocenters. The van der Waals surface area contributed by atoms with Gasteiger partial charge in [-0.25, -0.2) is 9.18 Å². The normalized spacial score (nSPS) is 18.1. The van der Waals surface area contributed by atoms with Crippen molar-refractivity contribution in [3.05, 3.63) is 63.9 Å². The summed E-state index contributed by atoms with van der Waals surface area (Å²) in [7, 11) is 0. The molecule has 0 bridgehead atoms. The number of nitrogens with one attached hydrogen (secondary N) is 3. The molecule has 1 saturated carbocycles. The number of urea groups is 1. The first-order valence-electron chi connectivity index (χ1n) is 8.28. The zero-order valence-electron chi connectivity index (χ0n) is 14.2. The van der Waals surface area contributed by atoms with Crippen LogP contribution < -0.4 is 16.0 Å². The summed E-state index contributed by atoms with van der Waals surface area (Å²) in [4.78, 5) is 23.9. The second kappa shape index (κ2) is 7.86. The maximum absolute atomic E-state index is 13.2. The molecule has 7 heteroatoms. The molecule has 26 heavy (non-hydrogen) atoms. The lowest BCUT2D eigenvalue weighted by molar-refractivity contribution is -0.115. The van der Waals surface area contributed by atoms with Crippen molar-refractivity contribution < 1.29 is 14.0 Å². The van der Waals surface area contributed by atoms with Crippen molar-refractivity contribution in [1.82, 2.24) is 10.6 Å². The second-order valence-electron chi connectivity index (χ2n) is 6.34. The molecule has 1 fully saturated rings. The van der Waals surface area contributed by atoms with Gasteiger partial charge in [-0.2, -0.15) is 0 Å². The fraction of sp³-hybridized carbons (Fsp3) is 0.263. The van der Waals surface area contributed by atoms with Crippen LogP contribution in [0.5, 0.6) is 0 Å². The van der Waals surface area contributed by atoms with Crippen LogP contribution in [0, 0.1) is 12.7 Å². The third-order valence-electron chi connectivity index (χ3n) is 4.26. The van der Waals surface area contributed by atoms with E-state index in [-0.39, 0.29) is 30.2 Å². The monoisotopic (exact) mass is 419 g/mol. The second-order valence-corrected chi connectivity index (χ2v) is 7.25. The maximum atomic E-state index is 13.2. The van der Waals surface area contributed by atoms with E-state index in [1.54, 1.807) is 12.1 Å². The van der Waals surface area contributed by atoms with Crippen molar-refractivity contribution >= 4 is 33.6 Å². The third kappa shape index (κ3) is 4.82. The molecule has 3 rings (SSSR count). The molecular weight excluding hydrogens is 401 g/mol. The molecule has 5 nitrogen and oxygen atoms in total. The van der Waals surface area contributed by atoms with Crippen LogP contribution in [-0.2, 0) is 4.79 Å². The van der Waals surface area contributed by atoms with Gasteiger partial charge in [-0.1, -0.05) is 28.1 Å². The summed E-state index contributed by atoms with van der Waals surface area (Å²) in [5, 5.41) is 8.10. The Morgan fingerprint density at radius 3 is 2.77 bits per heavy atom. The summed E-state index contributed by atoms with van der Waals surface area (Å²) in [6, 6.07) is 11.5. The van der Waals surface area contributed by atoms with Crippen LogP contribution >= 0.6 is 15.9 Å². The molecule has 0 radical (unpaired) electrons. The zero-order chi connectivity index (χ0) is 18.7. The van der Waals surface area contributed by atoms with Gasteiger partial charge in [0.15, 0.2) is 0 Å². The highest BCUT2D eigenvalue weighted by Crippen LogP contribution is 2.40. The van der Waals surface area contributed by atoms with Gasteiger partial charge in [0.25, 0.3) is 0 Å². The molecule has 1 aliphatic rings. The molecule has 3 amide bonds.